The summed E-state index contributed by atoms with van der Waals surface area (Å²) in [6, 6.07) is 10.2. The largest absolute Gasteiger partial charge is 0.380 e. The third kappa shape index (κ3) is 3.84. The van der Waals surface area contributed by atoms with Crippen LogP contribution in [-0.2, 0) is 17.3 Å². The van der Waals surface area contributed by atoms with Crippen LogP contribution in [0.25, 0.3) is 0 Å². The fraction of sp³-hybridized carbons (Fsp3) is 0.200. The molecule has 0 spiro atoms. The third-order valence-corrected chi connectivity index (χ3v) is 4.44. The van der Waals surface area contributed by atoms with Gasteiger partial charge in [-0.05, 0) is 30.2 Å². The van der Waals surface area contributed by atoms with E-state index in [-0.39, 0.29) is 5.69 Å². The molecule has 116 valence electrons. The number of hydrogen-bond donors (Lipinski definition) is 1. The zero-order chi connectivity index (χ0) is 16.3. The quantitative estimate of drug-likeness (QED) is 0.662. The summed E-state index contributed by atoms with van der Waals surface area (Å²) in [5.74, 6) is 0. The fourth-order valence-corrected chi connectivity index (χ4v) is 2.89. The Hall–Kier alpha value is -1.92. The highest BCUT2D eigenvalue weighted by Crippen LogP contribution is 2.31. The van der Waals surface area contributed by atoms with Gasteiger partial charge in [-0.3, -0.25) is 14.3 Å². The Morgan fingerprint density at radius 1 is 1.27 bits per heavy atom. The second-order valence-corrected chi connectivity index (χ2v) is 6.62. The van der Waals surface area contributed by atoms with Gasteiger partial charge < -0.3 is 5.32 Å². The van der Waals surface area contributed by atoms with E-state index in [2.05, 4.69) is 5.32 Å². The van der Waals surface area contributed by atoms with Gasteiger partial charge in [-0.1, -0.05) is 23.7 Å². The van der Waals surface area contributed by atoms with Crippen LogP contribution in [0.2, 0.25) is 5.02 Å². The molecule has 0 amide bonds. The predicted octanol–water partition coefficient (Wildman–Crippen LogP) is 3.91. The van der Waals surface area contributed by atoms with Crippen molar-refractivity contribution in [2.24, 2.45) is 0 Å². The molecule has 0 radical (unpaired) electrons. The van der Waals surface area contributed by atoms with Gasteiger partial charge in [0.15, 0.2) is 0 Å². The Kier molecular flexibility index (Phi) is 5.15. The van der Waals surface area contributed by atoms with Crippen LogP contribution in [0, 0.1) is 17.0 Å². The lowest BCUT2D eigenvalue weighted by Crippen LogP contribution is -2.03. The number of benzene rings is 2. The summed E-state index contributed by atoms with van der Waals surface area (Å²) in [7, 11) is -0.997. The van der Waals surface area contributed by atoms with Crippen molar-refractivity contribution in [2.45, 2.75) is 18.4 Å². The van der Waals surface area contributed by atoms with E-state index in [4.69, 9.17) is 11.6 Å². The zero-order valence-corrected chi connectivity index (χ0v) is 13.7. The summed E-state index contributed by atoms with van der Waals surface area (Å²) in [5.41, 5.74) is 2.37. The third-order valence-electron chi connectivity index (χ3n) is 3.21. The van der Waals surface area contributed by atoms with Crippen molar-refractivity contribution in [3.05, 3.63) is 62.7 Å². The Balaban J connectivity index is 2.14. The molecule has 1 N–H and O–H groups in total. The summed E-state index contributed by atoms with van der Waals surface area (Å²) < 4.78 is 11.3. The van der Waals surface area contributed by atoms with E-state index in [0.29, 0.717) is 22.8 Å². The van der Waals surface area contributed by atoms with Crippen LogP contribution < -0.4 is 5.32 Å². The molecule has 1 atom stereocenters. The molecule has 0 aliphatic rings. The SMILES string of the molecule is Cc1cc([N+](=O)[O-])cc(Cl)c1NCc1ccc(S(C)=O)cc1. The van der Waals surface area contributed by atoms with Crippen LogP contribution in [0.4, 0.5) is 11.4 Å². The topological polar surface area (TPSA) is 72.2 Å². The second kappa shape index (κ2) is 6.89. The first-order valence-electron chi connectivity index (χ1n) is 6.49. The molecule has 2 aromatic carbocycles. The number of nitrogens with zero attached hydrogens (tertiary/aromatic N) is 1. The summed E-state index contributed by atoms with van der Waals surface area (Å²) in [5, 5.41) is 14.3. The highest BCUT2D eigenvalue weighted by Gasteiger charge is 2.13. The van der Waals surface area contributed by atoms with Gasteiger partial charge in [-0.25, -0.2) is 0 Å². The van der Waals surface area contributed by atoms with Crippen molar-refractivity contribution in [1.82, 2.24) is 0 Å². The van der Waals surface area contributed by atoms with Crippen molar-refractivity contribution in [1.29, 1.82) is 0 Å². The number of nitro groups is 1. The summed E-state index contributed by atoms with van der Waals surface area (Å²) in [6.45, 7) is 2.29. The maximum Gasteiger partial charge on any atom is 0.271 e. The molecule has 0 saturated carbocycles. The minimum absolute atomic E-state index is 0.0252. The molecule has 5 nitrogen and oxygen atoms in total. The Morgan fingerprint density at radius 3 is 2.41 bits per heavy atom. The molecule has 7 heteroatoms. The van der Waals surface area contributed by atoms with Crippen LogP contribution in [0.3, 0.4) is 0 Å². The van der Waals surface area contributed by atoms with E-state index < -0.39 is 15.7 Å². The highest BCUT2D eigenvalue weighted by atomic mass is 35.5. The number of halogens is 1. The zero-order valence-electron chi connectivity index (χ0n) is 12.1. The standard InChI is InChI=1S/C15H15ClN2O3S/c1-10-7-12(18(19)20)8-14(16)15(10)17-9-11-3-5-13(6-4-11)22(2)21/h3-8,17H,9H2,1-2H3. The molecule has 22 heavy (non-hydrogen) atoms. The Bertz CT molecular complexity index is 709. The summed E-state index contributed by atoms with van der Waals surface area (Å²) in [4.78, 5) is 11.1. The highest BCUT2D eigenvalue weighted by molar-refractivity contribution is 7.84. The van der Waals surface area contributed by atoms with Crippen LogP contribution >= 0.6 is 11.6 Å². The number of aryl methyl sites for hydroxylation is 1. The van der Waals surface area contributed by atoms with Crippen LogP contribution in [0.1, 0.15) is 11.1 Å². The van der Waals surface area contributed by atoms with Crippen LogP contribution in [0.5, 0.6) is 0 Å². The lowest BCUT2D eigenvalue weighted by atomic mass is 10.1. The average Bonchev–Trinajstić information content (AvgIpc) is 2.46. The minimum atomic E-state index is -0.997. The van der Waals surface area contributed by atoms with Crippen LogP contribution in [0.15, 0.2) is 41.3 Å². The first-order chi connectivity index (χ1) is 10.4. The van der Waals surface area contributed by atoms with Crippen molar-refractivity contribution in [2.75, 3.05) is 11.6 Å². The van der Waals surface area contributed by atoms with Gasteiger partial charge in [-0.2, -0.15) is 0 Å². The van der Waals surface area contributed by atoms with E-state index >= 15 is 0 Å². The normalized spacial score (nSPS) is 12.0. The molecule has 2 rings (SSSR count). The van der Waals surface area contributed by atoms with Crippen molar-refractivity contribution in [3.63, 3.8) is 0 Å². The molecule has 0 aliphatic heterocycles. The molecular formula is C15H15ClN2O3S. The molecular weight excluding hydrogens is 324 g/mol. The van der Waals surface area contributed by atoms with Gasteiger partial charge in [0, 0.05) is 40.6 Å². The fourth-order valence-electron chi connectivity index (χ4n) is 2.04. The molecule has 0 aliphatic carbocycles. The maximum absolute atomic E-state index is 11.3. The first-order valence-corrected chi connectivity index (χ1v) is 8.43. The number of nitrogens with one attached hydrogen (secondary N) is 1. The number of non-ortho nitro benzene ring substituents is 1. The Labute approximate surface area is 135 Å². The minimum Gasteiger partial charge on any atom is -0.380 e. The Morgan fingerprint density at radius 2 is 1.91 bits per heavy atom. The lowest BCUT2D eigenvalue weighted by Gasteiger charge is -2.12. The van der Waals surface area contributed by atoms with Gasteiger partial charge in [0.1, 0.15) is 0 Å². The van der Waals surface area contributed by atoms with E-state index in [1.54, 1.807) is 13.2 Å². The summed E-state index contributed by atoms with van der Waals surface area (Å²) in [6.07, 6.45) is 1.63. The predicted molar refractivity (Wildman–Crippen MR) is 88.9 cm³/mol. The molecule has 0 bridgehead atoms. The molecule has 2 aromatic rings. The van der Waals surface area contributed by atoms with Crippen molar-refractivity contribution < 1.29 is 9.13 Å². The molecule has 1 unspecified atom stereocenters. The number of nitro benzene ring substituents is 1. The van der Waals surface area contributed by atoms with Gasteiger partial charge >= 0.3 is 0 Å². The monoisotopic (exact) mass is 338 g/mol. The van der Waals surface area contributed by atoms with Gasteiger partial charge in [0.2, 0.25) is 0 Å². The van der Waals surface area contributed by atoms with E-state index in [9.17, 15) is 14.3 Å². The first kappa shape index (κ1) is 16.5. The van der Waals surface area contributed by atoms with Gasteiger partial charge in [-0.15, -0.1) is 0 Å². The molecule has 0 aromatic heterocycles. The van der Waals surface area contributed by atoms with Crippen molar-refractivity contribution >= 4 is 33.8 Å². The number of rotatable bonds is 5. The van der Waals surface area contributed by atoms with Crippen LogP contribution in [-0.4, -0.2) is 15.4 Å². The van der Waals surface area contributed by atoms with E-state index in [0.717, 1.165) is 10.5 Å². The van der Waals surface area contributed by atoms with E-state index in [1.807, 2.05) is 24.3 Å². The van der Waals surface area contributed by atoms with Gasteiger partial charge in [0.05, 0.1) is 15.6 Å². The molecule has 0 heterocycles. The maximum atomic E-state index is 11.3. The number of anilines is 1. The number of hydrogen-bond acceptors (Lipinski definition) is 4. The molecule has 0 saturated heterocycles. The summed E-state index contributed by atoms with van der Waals surface area (Å²) >= 11 is 6.10. The average molecular weight is 339 g/mol. The lowest BCUT2D eigenvalue weighted by molar-refractivity contribution is -0.384. The van der Waals surface area contributed by atoms with Crippen molar-refractivity contribution in [3.8, 4) is 0 Å². The smallest absolute Gasteiger partial charge is 0.271 e. The molecule has 0 fully saturated rings. The van der Waals surface area contributed by atoms with Gasteiger partial charge in [0.25, 0.3) is 5.69 Å². The van der Waals surface area contributed by atoms with E-state index in [1.165, 1.54) is 12.1 Å². The second-order valence-electron chi connectivity index (χ2n) is 4.83.